The third-order valence-electron chi connectivity index (χ3n) is 7.63. The molecule has 1 aromatic carbocycles. The summed E-state index contributed by atoms with van der Waals surface area (Å²) < 4.78 is 27.2. The summed E-state index contributed by atoms with van der Waals surface area (Å²) in [5, 5.41) is 0. The first-order chi connectivity index (χ1) is 20.2. The maximum atomic E-state index is 13.5. The highest BCUT2D eigenvalue weighted by Gasteiger charge is 2.51. The van der Waals surface area contributed by atoms with E-state index in [-0.39, 0.29) is 29.9 Å². The summed E-state index contributed by atoms with van der Waals surface area (Å²) >= 11 is 3.37. The van der Waals surface area contributed by atoms with Gasteiger partial charge in [0.05, 0.1) is 26.9 Å². The molecule has 2 aliphatic rings. The molecule has 0 radical (unpaired) electrons. The van der Waals surface area contributed by atoms with E-state index in [0.29, 0.717) is 24.8 Å². The van der Waals surface area contributed by atoms with Gasteiger partial charge >= 0.3 is 23.9 Å². The van der Waals surface area contributed by atoms with Crippen LogP contribution < -0.4 is 0 Å². The van der Waals surface area contributed by atoms with E-state index in [1.807, 2.05) is 19.1 Å². The van der Waals surface area contributed by atoms with Gasteiger partial charge < -0.3 is 23.4 Å². The molecule has 0 N–H and O–H groups in total. The van der Waals surface area contributed by atoms with Gasteiger partial charge in [-0.25, -0.2) is 9.59 Å². The van der Waals surface area contributed by atoms with Crippen molar-refractivity contribution in [2.75, 3.05) is 32.8 Å². The van der Waals surface area contributed by atoms with E-state index in [2.05, 4.69) is 0 Å². The number of allylic oxidation sites excluding steroid dienone is 2. The Balaban J connectivity index is 1.94. The van der Waals surface area contributed by atoms with Gasteiger partial charge in [-0.2, -0.15) is 0 Å². The van der Waals surface area contributed by atoms with Crippen LogP contribution in [0.15, 0.2) is 52.5 Å². The van der Waals surface area contributed by atoms with Gasteiger partial charge in [-0.1, -0.05) is 29.8 Å². The van der Waals surface area contributed by atoms with Crippen LogP contribution in [-0.4, -0.2) is 60.8 Å². The Bertz CT molecular complexity index is 1310. The van der Waals surface area contributed by atoms with E-state index in [0.717, 1.165) is 23.5 Å². The molecule has 2 aromatic rings. The third kappa shape index (κ3) is 6.57. The Morgan fingerprint density at radius 1 is 0.905 bits per heavy atom. The number of thioether (sulfide) groups is 2. The number of hydrogen-bond acceptors (Lipinski definition) is 11. The molecule has 11 heteroatoms. The number of benzene rings is 1. The van der Waals surface area contributed by atoms with Crippen molar-refractivity contribution >= 4 is 47.4 Å². The monoisotopic (exact) mass is 616 g/mol. The minimum atomic E-state index is -1.72. The van der Waals surface area contributed by atoms with Crippen LogP contribution in [0, 0.1) is 5.41 Å². The molecule has 3 heterocycles. The number of ether oxygens (including phenoxy) is 4. The van der Waals surface area contributed by atoms with Gasteiger partial charge in [0.2, 0.25) is 0 Å². The number of carbonyl (C=O) groups excluding carboxylic acids is 4. The second-order valence-electron chi connectivity index (χ2n) is 10.3. The molecule has 2 aliphatic heterocycles. The van der Waals surface area contributed by atoms with Crippen LogP contribution in [0.2, 0.25) is 0 Å². The predicted octanol–water partition coefficient (Wildman–Crippen LogP) is 5.93. The normalized spacial score (nSPS) is 21.3. The number of rotatable bonds is 5. The molecule has 226 valence electrons. The van der Waals surface area contributed by atoms with Crippen molar-refractivity contribution in [3.8, 4) is 0 Å². The van der Waals surface area contributed by atoms with Gasteiger partial charge in [0.1, 0.15) is 15.4 Å². The van der Waals surface area contributed by atoms with Crippen LogP contribution in [0.4, 0.5) is 0 Å². The highest BCUT2D eigenvalue weighted by atomic mass is 32.2. The SMILES string of the molecule is COC(=O)c1cc2oc1[C@H](OC(=O)c1ccccc1)C1(CC/C(C)=C\CCC(C(=O)OC)(C(=O)OC)C2)SCCCS1. The molecule has 1 aromatic heterocycles. The van der Waals surface area contributed by atoms with Crippen molar-refractivity contribution in [1.82, 2.24) is 0 Å². The summed E-state index contributed by atoms with van der Waals surface area (Å²) in [5.41, 5.74) is -0.236. The zero-order valence-electron chi connectivity index (χ0n) is 24.3. The van der Waals surface area contributed by atoms with E-state index in [1.165, 1.54) is 27.4 Å². The van der Waals surface area contributed by atoms with Crippen molar-refractivity contribution in [2.24, 2.45) is 5.41 Å². The number of carbonyl (C=O) groups is 4. The molecule has 9 nitrogen and oxygen atoms in total. The molecular formula is C31H36O9S2. The van der Waals surface area contributed by atoms with E-state index in [9.17, 15) is 19.2 Å². The zero-order chi connectivity index (χ0) is 30.3. The van der Waals surface area contributed by atoms with Crippen LogP contribution in [0.5, 0.6) is 0 Å². The predicted molar refractivity (Wildman–Crippen MR) is 159 cm³/mol. The molecule has 2 bridgehead atoms. The Labute approximate surface area is 254 Å². The molecule has 1 atom stereocenters. The fourth-order valence-corrected chi connectivity index (χ4v) is 8.76. The summed E-state index contributed by atoms with van der Waals surface area (Å²) in [4.78, 5) is 53.1. The van der Waals surface area contributed by atoms with E-state index < -0.39 is 39.5 Å². The number of furan rings is 1. The first-order valence-electron chi connectivity index (χ1n) is 13.8. The lowest BCUT2D eigenvalue weighted by atomic mass is 9.78. The van der Waals surface area contributed by atoms with Crippen LogP contribution in [0.3, 0.4) is 0 Å². The fraction of sp³-hybridized carbons (Fsp3) is 0.484. The lowest BCUT2D eigenvalue weighted by Crippen LogP contribution is -2.43. The lowest BCUT2D eigenvalue weighted by molar-refractivity contribution is -0.170. The zero-order valence-corrected chi connectivity index (χ0v) is 25.9. The summed E-state index contributed by atoms with van der Waals surface area (Å²) in [6.45, 7) is 2.00. The molecule has 1 spiro atoms. The second kappa shape index (κ2) is 13.9. The van der Waals surface area contributed by atoms with E-state index >= 15 is 0 Å². The topological polar surface area (TPSA) is 118 Å². The van der Waals surface area contributed by atoms with Crippen LogP contribution in [0.1, 0.15) is 77.4 Å². The van der Waals surface area contributed by atoms with Crippen molar-refractivity contribution in [3.05, 3.63) is 70.7 Å². The minimum absolute atomic E-state index is 0.0671. The van der Waals surface area contributed by atoms with E-state index in [1.54, 1.807) is 47.8 Å². The van der Waals surface area contributed by atoms with Gasteiger partial charge in [-0.15, -0.1) is 23.5 Å². The Morgan fingerprint density at radius 2 is 1.57 bits per heavy atom. The van der Waals surface area contributed by atoms with Crippen molar-refractivity contribution in [3.63, 3.8) is 0 Å². The highest BCUT2D eigenvalue weighted by Crippen LogP contribution is 2.56. The van der Waals surface area contributed by atoms with Crippen molar-refractivity contribution < 1.29 is 42.5 Å². The smallest absolute Gasteiger partial charge is 0.341 e. The summed E-state index contributed by atoms with van der Waals surface area (Å²) in [5.74, 6) is -0.823. The largest absolute Gasteiger partial charge is 0.468 e. The molecule has 0 saturated carbocycles. The quantitative estimate of drug-likeness (QED) is 0.172. The minimum Gasteiger partial charge on any atom is -0.468 e. The lowest BCUT2D eigenvalue weighted by Gasteiger charge is -2.41. The highest BCUT2D eigenvalue weighted by molar-refractivity contribution is 8.18. The summed E-state index contributed by atoms with van der Waals surface area (Å²) in [6.07, 6.45) is 3.58. The average Bonchev–Trinajstić information content (AvgIpc) is 3.44. The van der Waals surface area contributed by atoms with Crippen molar-refractivity contribution in [1.29, 1.82) is 0 Å². The van der Waals surface area contributed by atoms with E-state index in [4.69, 9.17) is 23.4 Å². The van der Waals surface area contributed by atoms with Gasteiger partial charge in [-0.05, 0) is 68.7 Å². The Kier molecular flexibility index (Phi) is 10.5. The molecule has 0 amide bonds. The van der Waals surface area contributed by atoms with Crippen molar-refractivity contribution in [2.45, 2.75) is 55.6 Å². The summed E-state index contributed by atoms with van der Waals surface area (Å²) in [6, 6.07) is 10.1. The van der Waals surface area contributed by atoms with Gasteiger partial charge in [0.25, 0.3) is 0 Å². The number of methoxy groups -OCH3 is 3. The standard InChI is InChI=1S/C31H36O9S2/c1-20-10-8-14-30(28(34)37-3,29(35)38-4)19-22-18-23(27(33)36-2)24(39-22)25(31(15-13-20)41-16-9-17-42-31)40-26(32)21-11-6-5-7-12-21/h5-7,10-12,18,25H,8-9,13-17,19H2,1-4H3/b20-10-/t25-/m0/s1. The maximum absolute atomic E-state index is 13.5. The van der Waals surface area contributed by atoms with Gasteiger partial charge in [-0.3, -0.25) is 9.59 Å². The first-order valence-corrected chi connectivity index (χ1v) is 15.7. The van der Waals surface area contributed by atoms with Gasteiger partial charge in [0.15, 0.2) is 17.3 Å². The van der Waals surface area contributed by atoms with Crippen LogP contribution >= 0.6 is 23.5 Å². The molecule has 0 unspecified atom stereocenters. The molecule has 4 rings (SSSR count). The number of fused-ring (bicyclic) bond motifs is 2. The Morgan fingerprint density at radius 3 is 2.19 bits per heavy atom. The van der Waals surface area contributed by atoms with Crippen LogP contribution in [0.25, 0.3) is 0 Å². The van der Waals surface area contributed by atoms with Gasteiger partial charge in [0, 0.05) is 6.42 Å². The first kappa shape index (κ1) is 31.7. The molecule has 42 heavy (non-hydrogen) atoms. The second-order valence-corrected chi connectivity index (χ2v) is 13.4. The fourth-order valence-electron chi connectivity index (χ4n) is 5.37. The maximum Gasteiger partial charge on any atom is 0.341 e. The molecule has 1 saturated heterocycles. The van der Waals surface area contributed by atoms with Crippen LogP contribution in [-0.2, 0) is 35.0 Å². The molecule has 0 aliphatic carbocycles. The third-order valence-corrected chi connectivity index (χ3v) is 11.1. The average molecular weight is 617 g/mol. The molecule has 1 fully saturated rings. The number of esters is 4. The molecular weight excluding hydrogens is 580 g/mol. The Hall–Kier alpha value is -3.18. The number of hydrogen-bond donors (Lipinski definition) is 0. The summed E-state index contributed by atoms with van der Waals surface area (Å²) in [7, 11) is 3.68.